The van der Waals surface area contributed by atoms with Crippen molar-refractivity contribution in [3.63, 3.8) is 0 Å². The molecule has 0 spiro atoms. The average Bonchev–Trinajstić information content (AvgIpc) is 2.82. The molecule has 0 radical (unpaired) electrons. The highest BCUT2D eigenvalue weighted by Gasteiger charge is 2.18. The Morgan fingerprint density at radius 1 is 1.35 bits per heavy atom. The molecule has 2 rings (SSSR count). The third-order valence-electron chi connectivity index (χ3n) is 3.15. The van der Waals surface area contributed by atoms with Crippen LogP contribution in [0.1, 0.15) is 18.9 Å². The van der Waals surface area contributed by atoms with Crippen LogP contribution >= 0.6 is 0 Å². The molecule has 0 fully saturated rings. The van der Waals surface area contributed by atoms with E-state index < -0.39 is 0 Å². The Balaban J connectivity index is 2.07. The largest absolute Gasteiger partial charge is 0.454 e. The number of benzene rings is 1. The lowest BCUT2D eigenvalue weighted by Gasteiger charge is -2.21. The Morgan fingerprint density at radius 2 is 2.12 bits per heavy atom. The summed E-state index contributed by atoms with van der Waals surface area (Å²) in [5, 5.41) is 13.0. The van der Waals surface area contributed by atoms with E-state index in [0.717, 1.165) is 29.9 Å². The van der Waals surface area contributed by atoms with Crippen LogP contribution < -0.4 is 14.8 Å². The molecule has 17 heavy (non-hydrogen) atoms. The van der Waals surface area contributed by atoms with Gasteiger partial charge in [-0.15, -0.1) is 0 Å². The van der Waals surface area contributed by atoms with E-state index in [9.17, 15) is 5.11 Å². The Morgan fingerprint density at radius 3 is 2.82 bits per heavy atom. The van der Waals surface area contributed by atoms with E-state index in [1.807, 2.05) is 32.2 Å². The van der Waals surface area contributed by atoms with Gasteiger partial charge in [-0.2, -0.15) is 0 Å². The minimum atomic E-state index is -0.328. The van der Waals surface area contributed by atoms with Crippen molar-refractivity contribution < 1.29 is 14.6 Å². The number of hydrogen-bond acceptors (Lipinski definition) is 4. The topological polar surface area (TPSA) is 50.7 Å². The summed E-state index contributed by atoms with van der Waals surface area (Å²) in [7, 11) is 1.87. The van der Waals surface area contributed by atoms with Gasteiger partial charge in [0.05, 0.1) is 6.10 Å². The molecule has 0 saturated heterocycles. The molecular formula is C13H19NO3. The molecule has 2 N–H and O–H groups in total. The van der Waals surface area contributed by atoms with E-state index in [-0.39, 0.29) is 12.1 Å². The van der Waals surface area contributed by atoms with Crippen LogP contribution in [0, 0.1) is 0 Å². The Kier molecular flexibility index (Phi) is 3.86. The highest BCUT2D eigenvalue weighted by molar-refractivity contribution is 5.44. The first kappa shape index (κ1) is 12.2. The summed E-state index contributed by atoms with van der Waals surface area (Å²) >= 11 is 0. The van der Waals surface area contributed by atoms with E-state index >= 15 is 0 Å². The van der Waals surface area contributed by atoms with Crippen molar-refractivity contribution in [2.45, 2.75) is 31.9 Å². The van der Waals surface area contributed by atoms with Crippen LogP contribution in [0.2, 0.25) is 0 Å². The lowest BCUT2D eigenvalue weighted by molar-refractivity contribution is 0.126. The molecule has 0 saturated carbocycles. The van der Waals surface area contributed by atoms with Gasteiger partial charge >= 0.3 is 0 Å². The molecule has 0 amide bonds. The maximum absolute atomic E-state index is 9.85. The second-order valence-electron chi connectivity index (χ2n) is 4.26. The molecule has 2 atom stereocenters. The second-order valence-corrected chi connectivity index (χ2v) is 4.26. The summed E-state index contributed by atoms with van der Waals surface area (Å²) < 4.78 is 10.6. The van der Waals surface area contributed by atoms with Crippen molar-refractivity contribution in [1.29, 1.82) is 0 Å². The molecule has 1 aliphatic rings. The minimum Gasteiger partial charge on any atom is -0.454 e. The van der Waals surface area contributed by atoms with Crippen LogP contribution in [-0.2, 0) is 6.42 Å². The summed E-state index contributed by atoms with van der Waals surface area (Å²) in [5.41, 5.74) is 1.14. The molecule has 0 unspecified atom stereocenters. The zero-order valence-electron chi connectivity index (χ0n) is 10.3. The average molecular weight is 237 g/mol. The molecular weight excluding hydrogens is 218 g/mol. The number of ether oxygens (including phenoxy) is 2. The molecule has 0 aromatic heterocycles. The van der Waals surface area contributed by atoms with Crippen LogP contribution in [0.15, 0.2) is 18.2 Å². The first-order valence-electron chi connectivity index (χ1n) is 5.98. The Hall–Kier alpha value is -1.26. The molecule has 0 bridgehead atoms. The van der Waals surface area contributed by atoms with Gasteiger partial charge in [0.1, 0.15) is 0 Å². The lowest BCUT2D eigenvalue weighted by Crippen LogP contribution is -2.39. The monoisotopic (exact) mass is 237 g/mol. The van der Waals surface area contributed by atoms with Gasteiger partial charge in [-0.05, 0) is 37.6 Å². The first-order valence-corrected chi connectivity index (χ1v) is 5.98. The number of nitrogens with one attached hydrogen (secondary N) is 1. The first-order chi connectivity index (χ1) is 8.24. The van der Waals surface area contributed by atoms with Crippen molar-refractivity contribution in [2.24, 2.45) is 0 Å². The maximum atomic E-state index is 9.85. The van der Waals surface area contributed by atoms with Gasteiger partial charge in [0.2, 0.25) is 6.79 Å². The van der Waals surface area contributed by atoms with E-state index in [4.69, 9.17) is 9.47 Å². The molecule has 94 valence electrons. The quantitative estimate of drug-likeness (QED) is 0.811. The van der Waals surface area contributed by atoms with Gasteiger partial charge in [0.25, 0.3) is 0 Å². The van der Waals surface area contributed by atoms with Gasteiger partial charge in [-0.25, -0.2) is 0 Å². The number of fused-ring (bicyclic) bond motifs is 1. The summed E-state index contributed by atoms with van der Waals surface area (Å²) in [4.78, 5) is 0. The number of likely N-dealkylation sites (N-methyl/N-ethyl adjacent to an activating group) is 1. The normalized spacial score (nSPS) is 16.9. The van der Waals surface area contributed by atoms with Gasteiger partial charge in [0, 0.05) is 6.04 Å². The summed E-state index contributed by atoms with van der Waals surface area (Å²) in [5.74, 6) is 1.59. The van der Waals surface area contributed by atoms with E-state index in [1.54, 1.807) is 0 Å². The predicted octanol–water partition coefficient (Wildman–Crippen LogP) is 1.32. The van der Waals surface area contributed by atoms with Crippen molar-refractivity contribution >= 4 is 0 Å². The SMILES string of the molecule is CC[C@@H](O)[C@H](Cc1ccc2c(c1)OCO2)NC. The fourth-order valence-electron chi connectivity index (χ4n) is 2.04. The van der Waals surface area contributed by atoms with Gasteiger partial charge < -0.3 is 19.9 Å². The van der Waals surface area contributed by atoms with Crippen molar-refractivity contribution in [1.82, 2.24) is 5.32 Å². The van der Waals surface area contributed by atoms with Gasteiger partial charge in [-0.1, -0.05) is 13.0 Å². The van der Waals surface area contributed by atoms with Crippen LogP contribution in [0.25, 0.3) is 0 Å². The highest BCUT2D eigenvalue weighted by atomic mass is 16.7. The number of rotatable bonds is 5. The number of hydrogen-bond donors (Lipinski definition) is 2. The molecule has 1 heterocycles. The zero-order chi connectivity index (χ0) is 12.3. The lowest BCUT2D eigenvalue weighted by atomic mass is 9.99. The molecule has 0 aliphatic carbocycles. The fraction of sp³-hybridized carbons (Fsp3) is 0.538. The third kappa shape index (κ3) is 2.70. The molecule has 1 aromatic rings. The second kappa shape index (κ2) is 5.38. The van der Waals surface area contributed by atoms with Crippen LogP contribution in [0.4, 0.5) is 0 Å². The van der Waals surface area contributed by atoms with Crippen molar-refractivity contribution in [3.8, 4) is 11.5 Å². The summed E-state index contributed by atoms with van der Waals surface area (Å²) in [6.07, 6.45) is 1.20. The highest BCUT2D eigenvalue weighted by Crippen LogP contribution is 2.32. The summed E-state index contributed by atoms with van der Waals surface area (Å²) in [6.45, 7) is 2.28. The van der Waals surface area contributed by atoms with Crippen molar-refractivity contribution in [3.05, 3.63) is 23.8 Å². The van der Waals surface area contributed by atoms with E-state index in [2.05, 4.69) is 5.32 Å². The van der Waals surface area contributed by atoms with Gasteiger partial charge in [-0.3, -0.25) is 0 Å². The fourth-order valence-corrected chi connectivity index (χ4v) is 2.04. The van der Waals surface area contributed by atoms with E-state index in [0.29, 0.717) is 6.79 Å². The molecule has 1 aromatic carbocycles. The third-order valence-corrected chi connectivity index (χ3v) is 3.15. The van der Waals surface area contributed by atoms with Crippen LogP contribution in [0.5, 0.6) is 11.5 Å². The van der Waals surface area contributed by atoms with Crippen LogP contribution in [0.3, 0.4) is 0 Å². The molecule has 1 aliphatic heterocycles. The zero-order valence-corrected chi connectivity index (χ0v) is 10.3. The van der Waals surface area contributed by atoms with Gasteiger partial charge in [0.15, 0.2) is 11.5 Å². The number of aliphatic hydroxyl groups is 1. The van der Waals surface area contributed by atoms with Crippen LogP contribution in [-0.4, -0.2) is 31.1 Å². The van der Waals surface area contributed by atoms with E-state index in [1.165, 1.54) is 0 Å². The Bertz CT molecular complexity index is 381. The minimum absolute atomic E-state index is 0.0698. The summed E-state index contributed by atoms with van der Waals surface area (Å²) in [6, 6.07) is 5.98. The smallest absolute Gasteiger partial charge is 0.231 e. The van der Waals surface area contributed by atoms with Crippen molar-refractivity contribution in [2.75, 3.05) is 13.8 Å². The molecule has 4 nitrogen and oxygen atoms in total. The standard InChI is InChI=1S/C13H19NO3/c1-3-11(15)10(14-2)6-9-4-5-12-13(7-9)17-8-16-12/h4-5,7,10-11,14-15H,3,6,8H2,1-2H3/t10-,11+/m0/s1. The number of aliphatic hydroxyl groups excluding tert-OH is 1. The molecule has 4 heteroatoms. The predicted molar refractivity (Wildman–Crippen MR) is 65.4 cm³/mol. The Labute approximate surface area is 102 Å². The maximum Gasteiger partial charge on any atom is 0.231 e.